The van der Waals surface area contributed by atoms with Crippen LogP contribution in [0.1, 0.15) is 35.7 Å². The van der Waals surface area contributed by atoms with Crippen molar-refractivity contribution in [3.63, 3.8) is 0 Å². The summed E-state index contributed by atoms with van der Waals surface area (Å²) in [5, 5.41) is 0. The first kappa shape index (κ1) is 9.26. The van der Waals surface area contributed by atoms with E-state index in [4.69, 9.17) is 0 Å². The minimum absolute atomic E-state index is 0.571. The second-order valence-electron chi connectivity index (χ2n) is 4.05. The summed E-state index contributed by atoms with van der Waals surface area (Å²) < 4.78 is 0. The van der Waals surface area contributed by atoms with E-state index in [0.29, 0.717) is 4.83 Å². The van der Waals surface area contributed by atoms with Gasteiger partial charge in [0.2, 0.25) is 0 Å². The van der Waals surface area contributed by atoms with Crippen molar-refractivity contribution in [1.82, 2.24) is 0 Å². The lowest BCUT2D eigenvalue weighted by atomic mass is 10.0. The Labute approximate surface area is 88.5 Å². The first-order valence-corrected chi connectivity index (χ1v) is 5.91. The lowest BCUT2D eigenvalue weighted by Crippen LogP contribution is -1.95. The van der Waals surface area contributed by atoms with E-state index >= 15 is 0 Å². The molecule has 0 N–H and O–H groups in total. The molecule has 0 fully saturated rings. The van der Waals surface area contributed by atoms with Gasteiger partial charge in [0.05, 0.1) is 0 Å². The lowest BCUT2D eigenvalue weighted by Gasteiger charge is -2.11. The summed E-state index contributed by atoms with van der Waals surface area (Å²) in [6.45, 7) is 2.35. The molecule has 13 heavy (non-hydrogen) atoms. The first-order chi connectivity index (χ1) is 6.27. The van der Waals surface area contributed by atoms with Crippen LogP contribution in [0.5, 0.6) is 0 Å². The normalized spacial score (nSPS) is 27.8. The molecule has 0 heterocycles. The van der Waals surface area contributed by atoms with Gasteiger partial charge in [0.1, 0.15) is 0 Å². The van der Waals surface area contributed by atoms with E-state index in [1.165, 1.54) is 30.4 Å². The molecule has 1 aromatic carbocycles. The molecule has 1 aliphatic rings. The van der Waals surface area contributed by atoms with Crippen molar-refractivity contribution in [2.24, 2.45) is 5.92 Å². The zero-order valence-corrected chi connectivity index (χ0v) is 9.55. The zero-order valence-electron chi connectivity index (χ0n) is 7.96. The zero-order chi connectivity index (χ0) is 9.26. The van der Waals surface area contributed by atoms with Crippen LogP contribution in [0, 0.1) is 5.92 Å². The van der Waals surface area contributed by atoms with Crippen molar-refractivity contribution in [3.8, 4) is 0 Å². The highest BCUT2D eigenvalue weighted by Gasteiger charge is 2.19. The fraction of sp³-hybridized carbons (Fsp3) is 0.500. The van der Waals surface area contributed by atoms with Crippen LogP contribution in [0.25, 0.3) is 0 Å². The predicted molar refractivity (Wildman–Crippen MR) is 60.2 cm³/mol. The Hall–Kier alpha value is -0.300. The standard InChI is InChI=1S/C12H15Br/c1-9-6-7-10-4-2-3-5-11(10)12(13)8-9/h2-5,9,12H,6-8H2,1H3. The molecule has 0 aromatic heterocycles. The van der Waals surface area contributed by atoms with Crippen molar-refractivity contribution < 1.29 is 0 Å². The molecule has 70 valence electrons. The van der Waals surface area contributed by atoms with Gasteiger partial charge in [-0.2, -0.15) is 0 Å². The lowest BCUT2D eigenvalue weighted by molar-refractivity contribution is 0.508. The Balaban J connectivity index is 2.35. The molecule has 2 rings (SSSR count). The van der Waals surface area contributed by atoms with Crippen LogP contribution in [0.4, 0.5) is 0 Å². The summed E-state index contributed by atoms with van der Waals surface area (Å²) >= 11 is 3.78. The summed E-state index contributed by atoms with van der Waals surface area (Å²) in [7, 11) is 0. The average Bonchev–Trinajstić information content (AvgIpc) is 2.27. The monoisotopic (exact) mass is 238 g/mol. The number of rotatable bonds is 0. The Bertz CT molecular complexity index is 293. The molecule has 0 spiro atoms. The van der Waals surface area contributed by atoms with Gasteiger partial charge in [-0.3, -0.25) is 0 Å². The Morgan fingerprint density at radius 3 is 2.92 bits per heavy atom. The van der Waals surface area contributed by atoms with Crippen LogP contribution in [0.15, 0.2) is 24.3 Å². The van der Waals surface area contributed by atoms with E-state index < -0.39 is 0 Å². The summed E-state index contributed by atoms with van der Waals surface area (Å²) in [5.41, 5.74) is 3.04. The van der Waals surface area contributed by atoms with E-state index in [9.17, 15) is 0 Å². The number of hydrogen-bond acceptors (Lipinski definition) is 0. The fourth-order valence-electron chi connectivity index (χ4n) is 2.07. The highest BCUT2D eigenvalue weighted by atomic mass is 79.9. The largest absolute Gasteiger partial charge is 0.0839 e. The molecule has 2 unspecified atom stereocenters. The molecule has 1 aromatic rings. The van der Waals surface area contributed by atoms with Crippen molar-refractivity contribution in [2.45, 2.75) is 31.0 Å². The van der Waals surface area contributed by atoms with E-state index in [0.717, 1.165) is 5.92 Å². The van der Waals surface area contributed by atoms with Crippen LogP contribution >= 0.6 is 15.9 Å². The van der Waals surface area contributed by atoms with Gasteiger partial charge < -0.3 is 0 Å². The van der Waals surface area contributed by atoms with Crippen molar-refractivity contribution in [1.29, 1.82) is 0 Å². The fourth-order valence-corrected chi connectivity index (χ4v) is 3.15. The second-order valence-corrected chi connectivity index (χ2v) is 5.15. The van der Waals surface area contributed by atoms with Crippen molar-refractivity contribution >= 4 is 15.9 Å². The SMILES string of the molecule is CC1CCc2ccccc2C(Br)C1. The van der Waals surface area contributed by atoms with Gasteiger partial charge in [-0.1, -0.05) is 47.1 Å². The molecule has 0 nitrogen and oxygen atoms in total. The Morgan fingerprint density at radius 1 is 1.31 bits per heavy atom. The molecular weight excluding hydrogens is 224 g/mol. The van der Waals surface area contributed by atoms with Crippen LogP contribution < -0.4 is 0 Å². The van der Waals surface area contributed by atoms with E-state index in [2.05, 4.69) is 47.1 Å². The molecule has 1 heteroatoms. The molecule has 0 radical (unpaired) electrons. The number of hydrogen-bond donors (Lipinski definition) is 0. The third-order valence-electron chi connectivity index (χ3n) is 2.91. The van der Waals surface area contributed by atoms with Crippen LogP contribution in [-0.2, 0) is 6.42 Å². The maximum atomic E-state index is 3.78. The van der Waals surface area contributed by atoms with E-state index in [1.807, 2.05) is 0 Å². The number of halogens is 1. The van der Waals surface area contributed by atoms with Gasteiger partial charge in [0.15, 0.2) is 0 Å². The molecule has 0 amide bonds. The van der Waals surface area contributed by atoms with Gasteiger partial charge in [-0.25, -0.2) is 0 Å². The highest BCUT2D eigenvalue weighted by Crippen LogP contribution is 2.36. The van der Waals surface area contributed by atoms with Crippen LogP contribution in [0.3, 0.4) is 0 Å². The number of alkyl halides is 1. The molecule has 0 bridgehead atoms. The molecule has 1 aliphatic carbocycles. The Kier molecular flexibility index (Phi) is 2.73. The third kappa shape index (κ3) is 1.96. The number of fused-ring (bicyclic) bond motifs is 1. The van der Waals surface area contributed by atoms with E-state index in [1.54, 1.807) is 0 Å². The van der Waals surface area contributed by atoms with Crippen molar-refractivity contribution in [3.05, 3.63) is 35.4 Å². The third-order valence-corrected chi connectivity index (χ3v) is 3.78. The molecular formula is C12H15Br. The highest BCUT2D eigenvalue weighted by molar-refractivity contribution is 9.09. The van der Waals surface area contributed by atoms with Crippen molar-refractivity contribution in [2.75, 3.05) is 0 Å². The van der Waals surface area contributed by atoms with Crippen LogP contribution in [0.2, 0.25) is 0 Å². The van der Waals surface area contributed by atoms with Crippen LogP contribution in [-0.4, -0.2) is 0 Å². The first-order valence-electron chi connectivity index (χ1n) is 4.99. The smallest absolute Gasteiger partial charge is 0.0400 e. The maximum Gasteiger partial charge on any atom is 0.0400 e. The maximum absolute atomic E-state index is 3.78. The summed E-state index contributed by atoms with van der Waals surface area (Å²) in [5.74, 6) is 0.844. The molecule has 2 atom stereocenters. The van der Waals surface area contributed by atoms with Gasteiger partial charge in [0.25, 0.3) is 0 Å². The number of aryl methyl sites for hydroxylation is 1. The molecule has 0 aliphatic heterocycles. The summed E-state index contributed by atoms with van der Waals surface area (Å²) in [6, 6.07) is 8.81. The van der Waals surface area contributed by atoms with E-state index in [-0.39, 0.29) is 0 Å². The Morgan fingerprint density at radius 2 is 2.08 bits per heavy atom. The average molecular weight is 239 g/mol. The van der Waals surface area contributed by atoms with Gasteiger partial charge in [-0.05, 0) is 36.3 Å². The minimum atomic E-state index is 0.571. The van der Waals surface area contributed by atoms with Gasteiger partial charge in [0, 0.05) is 4.83 Å². The second kappa shape index (κ2) is 3.83. The molecule has 0 saturated carbocycles. The van der Waals surface area contributed by atoms with Gasteiger partial charge >= 0.3 is 0 Å². The topological polar surface area (TPSA) is 0 Å². The predicted octanol–water partition coefficient (Wildman–Crippen LogP) is 4.10. The summed E-state index contributed by atoms with van der Waals surface area (Å²) in [4.78, 5) is 0.571. The minimum Gasteiger partial charge on any atom is -0.0839 e. The summed E-state index contributed by atoms with van der Waals surface area (Å²) in [6.07, 6.45) is 3.86. The quantitative estimate of drug-likeness (QED) is 0.472. The van der Waals surface area contributed by atoms with Gasteiger partial charge in [-0.15, -0.1) is 0 Å². The molecule has 0 saturated heterocycles. The number of benzene rings is 1.